The van der Waals surface area contributed by atoms with Gasteiger partial charge in [0.25, 0.3) is 5.91 Å². The molecule has 1 N–H and O–H groups in total. The molecule has 1 saturated heterocycles. The van der Waals surface area contributed by atoms with Crippen LogP contribution in [0.4, 0.5) is 0 Å². The first-order valence-corrected chi connectivity index (χ1v) is 17.8. The fraction of sp³-hybridized carbons (Fsp3) is 0.513. The number of aromatic nitrogens is 2. The summed E-state index contributed by atoms with van der Waals surface area (Å²) in [5, 5.41) is 12.1. The van der Waals surface area contributed by atoms with Gasteiger partial charge >= 0.3 is 5.97 Å². The fourth-order valence-electron chi connectivity index (χ4n) is 8.92. The Kier molecular flexibility index (Phi) is 8.38. The summed E-state index contributed by atoms with van der Waals surface area (Å²) in [5.74, 6) is -0.545. The van der Waals surface area contributed by atoms with Crippen LogP contribution in [-0.2, 0) is 24.4 Å². The van der Waals surface area contributed by atoms with Crippen molar-refractivity contribution in [3.8, 4) is 11.3 Å². The van der Waals surface area contributed by atoms with Crippen molar-refractivity contribution in [3.05, 3.63) is 58.8 Å². The Morgan fingerprint density at radius 3 is 2.25 bits per heavy atom. The molecule has 2 aromatic carbocycles. The molecule has 4 aromatic rings. The summed E-state index contributed by atoms with van der Waals surface area (Å²) >= 11 is 0. The third kappa shape index (κ3) is 5.21. The summed E-state index contributed by atoms with van der Waals surface area (Å²) in [5.41, 5.74) is 6.74. The van der Waals surface area contributed by atoms with E-state index in [0.29, 0.717) is 36.8 Å². The summed E-state index contributed by atoms with van der Waals surface area (Å²) in [7, 11) is 5.46. The molecule has 1 saturated carbocycles. The zero-order chi connectivity index (χ0) is 33.9. The Balaban J connectivity index is 1.46. The lowest BCUT2D eigenvalue weighted by molar-refractivity contribution is -0.141. The van der Waals surface area contributed by atoms with Gasteiger partial charge in [0.05, 0.1) is 22.3 Å². The first-order valence-electron chi connectivity index (χ1n) is 17.8. The van der Waals surface area contributed by atoms with Gasteiger partial charge in [-0.3, -0.25) is 14.5 Å². The van der Waals surface area contributed by atoms with E-state index >= 15 is 0 Å². The average Bonchev–Trinajstić information content (AvgIpc) is 3.80. The number of likely N-dealkylation sites (N-methyl/N-ethyl adjacent to an activating group) is 1. The average molecular weight is 652 g/mol. The van der Waals surface area contributed by atoms with Gasteiger partial charge in [-0.05, 0) is 82.7 Å². The number of likely N-dealkylation sites (tertiary alicyclic amines) is 1. The number of para-hydroxylation sites is 1. The van der Waals surface area contributed by atoms with E-state index in [4.69, 9.17) is 0 Å². The van der Waals surface area contributed by atoms with Crippen molar-refractivity contribution in [2.45, 2.75) is 96.3 Å². The highest BCUT2D eigenvalue weighted by atomic mass is 16.4. The van der Waals surface area contributed by atoms with Crippen LogP contribution in [0.2, 0.25) is 0 Å². The normalized spacial score (nSPS) is 17.4. The lowest BCUT2D eigenvalue weighted by Crippen LogP contribution is -2.54. The van der Waals surface area contributed by atoms with Crippen LogP contribution in [0, 0.1) is 0 Å². The Hall–Kier alpha value is -4.11. The molecular formula is C39H49N5O4. The van der Waals surface area contributed by atoms with Gasteiger partial charge in [0.15, 0.2) is 0 Å². The molecule has 48 heavy (non-hydrogen) atoms. The molecular weight excluding hydrogens is 602 g/mol. The molecule has 0 bridgehead atoms. The van der Waals surface area contributed by atoms with Gasteiger partial charge in [0.2, 0.25) is 5.91 Å². The molecule has 0 radical (unpaired) electrons. The standard InChI is InChI=1S/C39H49N5O4/c1-39(2,42-19-9-10-20-42)38(48)41(5)24-30-27-15-11-16-29-33(27)44(35(30)36(45)40(3)4)22-12-21-43-31-23-26(37(46)47)17-18-28(31)32(34(29)43)25-13-7-6-8-14-25/h11,15-18,23,25H,6-10,12-14,19-22,24H2,1-5H3,(H,46,47). The number of aryl methyl sites for hydroxylation is 2. The smallest absolute Gasteiger partial charge is 0.335 e. The maximum atomic E-state index is 14.1. The van der Waals surface area contributed by atoms with Gasteiger partial charge in [0.1, 0.15) is 5.69 Å². The molecule has 4 heterocycles. The van der Waals surface area contributed by atoms with E-state index in [9.17, 15) is 19.5 Å². The van der Waals surface area contributed by atoms with Crippen molar-refractivity contribution in [1.29, 1.82) is 0 Å². The minimum absolute atomic E-state index is 0.0583. The molecule has 2 aliphatic heterocycles. The Labute approximate surface area is 283 Å². The highest BCUT2D eigenvalue weighted by Crippen LogP contribution is 2.47. The van der Waals surface area contributed by atoms with Crippen molar-refractivity contribution in [2.24, 2.45) is 0 Å². The molecule has 7 rings (SSSR count). The number of carbonyl (C=O) groups is 3. The third-order valence-electron chi connectivity index (χ3n) is 11.3. The monoisotopic (exact) mass is 651 g/mol. The maximum absolute atomic E-state index is 14.1. The van der Waals surface area contributed by atoms with Crippen molar-refractivity contribution in [1.82, 2.24) is 23.8 Å². The number of benzene rings is 2. The summed E-state index contributed by atoms with van der Waals surface area (Å²) < 4.78 is 4.58. The molecule has 254 valence electrons. The molecule has 2 amide bonds. The predicted octanol–water partition coefficient (Wildman–Crippen LogP) is 6.95. The minimum Gasteiger partial charge on any atom is -0.478 e. The van der Waals surface area contributed by atoms with Crippen molar-refractivity contribution >= 4 is 39.6 Å². The second-order valence-corrected chi connectivity index (χ2v) is 14.9. The van der Waals surface area contributed by atoms with Crippen molar-refractivity contribution in [3.63, 3.8) is 0 Å². The Morgan fingerprint density at radius 2 is 1.56 bits per heavy atom. The van der Waals surface area contributed by atoms with Gasteiger partial charge in [-0.2, -0.15) is 0 Å². The van der Waals surface area contributed by atoms with Gasteiger partial charge in [0, 0.05) is 68.2 Å². The number of aromatic carboxylic acids is 1. The summed E-state index contributed by atoms with van der Waals surface area (Å²) in [6, 6.07) is 12.0. The molecule has 1 aliphatic carbocycles. The largest absolute Gasteiger partial charge is 0.478 e. The van der Waals surface area contributed by atoms with E-state index in [1.807, 2.05) is 37.9 Å². The van der Waals surface area contributed by atoms with Crippen LogP contribution in [0.15, 0.2) is 36.4 Å². The van der Waals surface area contributed by atoms with Crippen LogP contribution in [0.3, 0.4) is 0 Å². The van der Waals surface area contributed by atoms with Gasteiger partial charge < -0.3 is 24.0 Å². The number of carboxylic acid groups (broad SMARTS) is 1. The third-order valence-corrected chi connectivity index (χ3v) is 11.3. The maximum Gasteiger partial charge on any atom is 0.335 e. The first-order chi connectivity index (χ1) is 23.0. The highest BCUT2D eigenvalue weighted by Gasteiger charge is 2.39. The minimum atomic E-state index is -0.920. The van der Waals surface area contributed by atoms with Crippen LogP contribution >= 0.6 is 0 Å². The number of rotatable bonds is 7. The molecule has 9 heteroatoms. The molecule has 3 aliphatic rings. The number of amides is 2. The van der Waals surface area contributed by atoms with Crippen molar-refractivity contribution in [2.75, 3.05) is 34.2 Å². The van der Waals surface area contributed by atoms with Crippen molar-refractivity contribution < 1.29 is 19.5 Å². The molecule has 9 nitrogen and oxygen atoms in total. The quantitative estimate of drug-likeness (QED) is 0.234. The number of fused-ring (bicyclic) bond motifs is 4. The van der Waals surface area contributed by atoms with E-state index in [1.165, 1.54) is 24.8 Å². The van der Waals surface area contributed by atoms with E-state index < -0.39 is 11.5 Å². The van der Waals surface area contributed by atoms with Crippen LogP contribution < -0.4 is 0 Å². The van der Waals surface area contributed by atoms with E-state index in [1.54, 1.807) is 25.1 Å². The van der Waals surface area contributed by atoms with Gasteiger partial charge in [-0.15, -0.1) is 0 Å². The number of hydrogen-bond donors (Lipinski definition) is 1. The second-order valence-electron chi connectivity index (χ2n) is 14.9. The van der Waals surface area contributed by atoms with E-state index in [0.717, 1.165) is 83.8 Å². The van der Waals surface area contributed by atoms with Gasteiger partial charge in [-0.25, -0.2) is 4.79 Å². The first kappa shape index (κ1) is 32.4. The SMILES string of the molecule is CN(C)C(=O)c1c(CN(C)C(=O)C(C)(C)N2CCCC2)c2cccc3c2n1CCCn1c-3c(C2CCCCC2)c2ccc(C(=O)O)cc21. The summed E-state index contributed by atoms with van der Waals surface area (Å²) in [4.78, 5) is 46.1. The van der Waals surface area contributed by atoms with E-state index in [2.05, 4.69) is 32.2 Å². The van der Waals surface area contributed by atoms with Crippen LogP contribution in [-0.4, -0.2) is 86.5 Å². The van der Waals surface area contributed by atoms with Crippen LogP contribution in [0.25, 0.3) is 33.1 Å². The zero-order valence-corrected chi connectivity index (χ0v) is 29.1. The van der Waals surface area contributed by atoms with Crippen LogP contribution in [0.5, 0.6) is 0 Å². The summed E-state index contributed by atoms with van der Waals surface area (Å²) in [6.07, 6.45) is 8.82. The molecule has 0 spiro atoms. The number of nitrogens with zero attached hydrogens (tertiary/aromatic N) is 5. The number of carboxylic acids is 1. The lowest BCUT2D eigenvalue weighted by atomic mass is 9.81. The summed E-state index contributed by atoms with van der Waals surface area (Å²) in [6.45, 7) is 7.57. The Bertz CT molecular complexity index is 1920. The molecule has 0 unspecified atom stereocenters. The fourth-order valence-corrected chi connectivity index (χ4v) is 8.92. The lowest BCUT2D eigenvalue weighted by Gasteiger charge is -2.37. The molecule has 2 aromatic heterocycles. The molecule has 2 fully saturated rings. The number of carbonyl (C=O) groups excluding carboxylic acids is 2. The number of hydrogen-bond acceptors (Lipinski definition) is 4. The van der Waals surface area contributed by atoms with Crippen LogP contribution in [0.1, 0.15) is 103 Å². The predicted molar refractivity (Wildman–Crippen MR) is 190 cm³/mol. The van der Waals surface area contributed by atoms with Gasteiger partial charge in [-0.1, -0.05) is 43.5 Å². The Morgan fingerprint density at radius 1 is 0.854 bits per heavy atom. The molecule has 0 atom stereocenters. The highest BCUT2D eigenvalue weighted by molar-refractivity contribution is 6.08. The second kappa shape index (κ2) is 12.4. The van der Waals surface area contributed by atoms with E-state index in [-0.39, 0.29) is 11.8 Å². The zero-order valence-electron chi connectivity index (χ0n) is 29.1. The topological polar surface area (TPSA) is 91.0 Å².